The van der Waals surface area contributed by atoms with Crippen molar-refractivity contribution in [1.82, 2.24) is 49.8 Å². The van der Waals surface area contributed by atoms with Crippen molar-refractivity contribution in [2.24, 2.45) is 0 Å². The molecule has 1 aromatic carbocycles. The third-order valence-corrected chi connectivity index (χ3v) is 10.0. The Labute approximate surface area is 293 Å². The molecule has 1 atom stereocenters. The first-order chi connectivity index (χ1) is 24.1. The second kappa shape index (κ2) is 16.0. The zero-order chi connectivity index (χ0) is 33.4. The number of ether oxygens (including phenoxy) is 3. The molecule has 1 aliphatic carbocycles. The van der Waals surface area contributed by atoms with E-state index in [4.69, 9.17) is 30.9 Å². The maximum atomic E-state index is 6.47. The summed E-state index contributed by atoms with van der Waals surface area (Å²) in [7, 11) is 0. The molecule has 1 saturated heterocycles. The lowest BCUT2D eigenvalue weighted by atomic mass is 9.90. The number of anilines is 2. The minimum absolute atomic E-state index is 0.205. The van der Waals surface area contributed by atoms with Gasteiger partial charge in [-0.1, -0.05) is 17.7 Å². The number of tetrazole rings is 1. The van der Waals surface area contributed by atoms with Gasteiger partial charge < -0.3 is 19.5 Å². The smallest absolute Gasteiger partial charge is 0.256 e. The molecular formula is C33H40ClN11O3S. The monoisotopic (exact) mass is 705 g/mol. The van der Waals surface area contributed by atoms with Gasteiger partial charge >= 0.3 is 0 Å². The summed E-state index contributed by atoms with van der Waals surface area (Å²) in [5.41, 5.74) is 2.45. The van der Waals surface area contributed by atoms with E-state index < -0.39 is 0 Å². The largest absolute Gasteiger partial charge is 0.487 e. The van der Waals surface area contributed by atoms with E-state index in [1.807, 2.05) is 42.9 Å². The normalized spacial score (nSPS) is 19.1. The highest BCUT2D eigenvalue weighted by atomic mass is 35.5. The predicted molar refractivity (Wildman–Crippen MR) is 186 cm³/mol. The maximum absolute atomic E-state index is 6.47. The van der Waals surface area contributed by atoms with Crippen molar-refractivity contribution < 1.29 is 14.2 Å². The minimum atomic E-state index is -0.205. The molecule has 5 aromatic rings. The van der Waals surface area contributed by atoms with E-state index >= 15 is 0 Å². The Hall–Kier alpha value is -4.18. The van der Waals surface area contributed by atoms with Gasteiger partial charge in [-0.25, -0.2) is 19.6 Å². The lowest BCUT2D eigenvalue weighted by Gasteiger charge is -2.38. The van der Waals surface area contributed by atoms with E-state index in [9.17, 15) is 0 Å². The van der Waals surface area contributed by atoms with Gasteiger partial charge in [0, 0.05) is 55.1 Å². The molecule has 0 spiro atoms. The fourth-order valence-electron chi connectivity index (χ4n) is 6.37. The summed E-state index contributed by atoms with van der Waals surface area (Å²) >= 11 is 8.13. The number of nitrogens with one attached hydrogen (secondary N) is 1. The van der Waals surface area contributed by atoms with Crippen LogP contribution in [0.25, 0.3) is 11.1 Å². The fourth-order valence-corrected chi connectivity index (χ4v) is 7.20. The van der Waals surface area contributed by atoms with Gasteiger partial charge in [-0.15, -0.1) is 21.5 Å². The molecule has 2 fully saturated rings. The van der Waals surface area contributed by atoms with Crippen LogP contribution >= 0.6 is 22.9 Å². The van der Waals surface area contributed by atoms with E-state index in [0.29, 0.717) is 47.8 Å². The van der Waals surface area contributed by atoms with Gasteiger partial charge in [0.2, 0.25) is 5.95 Å². The number of halogens is 1. The first-order valence-corrected chi connectivity index (χ1v) is 18.0. The van der Waals surface area contributed by atoms with Crippen LogP contribution in [0.1, 0.15) is 50.1 Å². The quantitative estimate of drug-likeness (QED) is 0.146. The molecule has 1 saturated carbocycles. The third-order valence-electron chi connectivity index (χ3n) is 8.88. The lowest BCUT2D eigenvalue weighted by Crippen LogP contribution is -2.45. The van der Waals surface area contributed by atoms with Crippen LogP contribution in [0.3, 0.4) is 0 Å². The average molecular weight is 706 g/mol. The van der Waals surface area contributed by atoms with E-state index in [0.717, 1.165) is 86.7 Å². The molecular weight excluding hydrogens is 666 g/mol. The molecule has 4 aromatic heterocycles. The number of morpholine rings is 1. The highest BCUT2D eigenvalue weighted by molar-refractivity contribution is 7.09. The molecule has 1 N–H and O–H groups in total. The van der Waals surface area contributed by atoms with Crippen LogP contribution in [-0.2, 0) is 17.7 Å². The van der Waals surface area contributed by atoms with Crippen LogP contribution in [0.5, 0.6) is 11.6 Å². The van der Waals surface area contributed by atoms with Crippen molar-refractivity contribution in [2.45, 2.75) is 70.2 Å². The summed E-state index contributed by atoms with van der Waals surface area (Å²) in [6.07, 6.45) is 14.9. The first kappa shape index (κ1) is 33.3. The van der Waals surface area contributed by atoms with Crippen LogP contribution < -0.4 is 14.8 Å². The van der Waals surface area contributed by atoms with Gasteiger partial charge in [0.25, 0.3) is 5.88 Å². The summed E-state index contributed by atoms with van der Waals surface area (Å²) in [6.45, 7) is 6.67. The SMILES string of the molecule is CC(Cn1cnnn1)Oc1cc(-c2cnc(Nc3cn(C4CCC(N5CCOCC5)CC4)nc3OCCCc3nccs3)nc2)ccc1Cl. The Morgan fingerprint density at radius 2 is 1.88 bits per heavy atom. The molecule has 14 nitrogen and oxygen atoms in total. The Bertz CT molecular complexity index is 1740. The number of rotatable bonds is 14. The molecule has 0 bridgehead atoms. The molecule has 1 unspecified atom stereocenters. The molecule has 49 heavy (non-hydrogen) atoms. The van der Waals surface area contributed by atoms with Crippen LogP contribution in [0.4, 0.5) is 11.6 Å². The first-order valence-electron chi connectivity index (χ1n) is 16.8. The summed E-state index contributed by atoms with van der Waals surface area (Å²) < 4.78 is 21.6. The topological polar surface area (TPSA) is 143 Å². The van der Waals surface area contributed by atoms with Crippen molar-refractivity contribution in [3.05, 3.63) is 64.7 Å². The highest BCUT2D eigenvalue weighted by Crippen LogP contribution is 2.35. The van der Waals surface area contributed by atoms with Crippen molar-refractivity contribution in [2.75, 3.05) is 38.2 Å². The van der Waals surface area contributed by atoms with Crippen molar-refractivity contribution in [1.29, 1.82) is 0 Å². The molecule has 5 heterocycles. The average Bonchev–Trinajstić information content (AvgIpc) is 3.92. The third kappa shape index (κ3) is 8.71. The zero-order valence-electron chi connectivity index (χ0n) is 27.4. The molecule has 2 aliphatic rings. The Kier molecular flexibility index (Phi) is 10.9. The summed E-state index contributed by atoms with van der Waals surface area (Å²) in [6, 6.07) is 6.54. The van der Waals surface area contributed by atoms with E-state index in [1.165, 1.54) is 0 Å². The number of hydrogen-bond acceptors (Lipinski definition) is 13. The van der Waals surface area contributed by atoms with Crippen LogP contribution in [-0.4, -0.2) is 94.9 Å². The summed E-state index contributed by atoms with van der Waals surface area (Å²) in [5.74, 6) is 1.56. The number of hydrogen-bond donors (Lipinski definition) is 1. The van der Waals surface area contributed by atoms with E-state index in [-0.39, 0.29) is 6.10 Å². The van der Waals surface area contributed by atoms with Crippen molar-refractivity contribution in [3.63, 3.8) is 0 Å². The Morgan fingerprint density at radius 1 is 1.06 bits per heavy atom. The standard InChI is InChI=1S/C33H40ClN11O3S/c1-23(20-44-22-38-41-42-44)48-30-17-24(4-9-28(30)34)25-18-36-33(37-19-25)39-29-21-45(40-32(29)47-13-2-3-31-35-10-16-49-31)27-7-5-26(6-8-27)43-11-14-46-15-12-43/h4,9-10,16-19,21-23,26-27H,2-3,5-8,11-15,20H2,1H3,(H,36,37,39). The Morgan fingerprint density at radius 3 is 2.63 bits per heavy atom. The van der Waals surface area contributed by atoms with Gasteiger partial charge in [-0.3, -0.25) is 9.58 Å². The van der Waals surface area contributed by atoms with Gasteiger partial charge in [0.15, 0.2) is 0 Å². The molecule has 258 valence electrons. The molecule has 0 amide bonds. The van der Waals surface area contributed by atoms with Crippen LogP contribution in [0, 0.1) is 0 Å². The van der Waals surface area contributed by atoms with Crippen LogP contribution in [0.15, 0.2) is 54.7 Å². The molecule has 1 aliphatic heterocycles. The van der Waals surface area contributed by atoms with Gasteiger partial charge in [-0.2, -0.15) is 0 Å². The number of aromatic nitrogens is 9. The Balaban J connectivity index is 1.02. The van der Waals surface area contributed by atoms with E-state index in [2.05, 4.69) is 45.4 Å². The van der Waals surface area contributed by atoms with Crippen molar-refractivity contribution >= 4 is 34.6 Å². The maximum Gasteiger partial charge on any atom is 0.256 e. The number of benzene rings is 1. The highest BCUT2D eigenvalue weighted by Gasteiger charge is 2.29. The molecule has 16 heteroatoms. The zero-order valence-corrected chi connectivity index (χ0v) is 29.0. The van der Waals surface area contributed by atoms with E-state index in [1.54, 1.807) is 34.7 Å². The molecule has 0 radical (unpaired) electrons. The van der Waals surface area contributed by atoms with Crippen LogP contribution in [0.2, 0.25) is 5.02 Å². The van der Waals surface area contributed by atoms with Gasteiger partial charge in [0.1, 0.15) is 23.9 Å². The van der Waals surface area contributed by atoms with Gasteiger partial charge in [-0.05, 0) is 67.2 Å². The fraction of sp³-hybridized carbons (Fsp3) is 0.485. The van der Waals surface area contributed by atoms with Crippen molar-refractivity contribution in [3.8, 4) is 22.8 Å². The summed E-state index contributed by atoms with van der Waals surface area (Å²) in [4.78, 5) is 16.2. The summed E-state index contributed by atoms with van der Waals surface area (Å²) in [5, 5.41) is 23.1. The minimum Gasteiger partial charge on any atom is -0.487 e. The second-order valence-electron chi connectivity index (χ2n) is 12.3. The second-order valence-corrected chi connectivity index (χ2v) is 13.7. The predicted octanol–water partition coefficient (Wildman–Crippen LogP) is 5.48. The molecule has 7 rings (SSSR count). The number of thiazole rings is 1. The lowest BCUT2D eigenvalue weighted by molar-refractivity contribution is 0.00503. The van der Waals surface area contributed by atoms with Gasteiger partial charge in [0.05, 0.1) is 48.6 Å². The number of aryl methyl sites for hydroxylation is 1. The number of nitrogens with zero attached hydrogens (tertiary/aromatic N) is 10.